The molecule has 0 atom stereocenters. The van der Waals surface area contributed by atoms with Gasteiger partial charge in [0.15, 0.2) is 5.78 Å². The third-order valence-electron chi connectivity index (χ3n) is 3.44. The topological polar surface area (TPSA) is 38.3 Å². The molecule has 23 heavy (non-hydrogen) atoms. The summed E-state index contributed by atoms with van der Waals surface area (Å²) in [5.74, 6) is 0.765. The van der Waals surface area contributed by atoms with Crippen molar-refractivity contribution < 1.29 is 9.53 Å². The van der Waals surface area contributed by atoms with E-state index in [1.807, 2.05) is 43.3 Å². The SMILES string of the molecule is CCCCOc1ccc(C(=O)/C=C/Nc2ccc(C)cc2)cc1. The number of allylic oxidation sites excluding steroid dienone is 1. The van der Waals surface area contributed by atoms with Crippen LogP contribution in [0.1, 0.15) is 35.7 Å². The average molecular weight is 309 g/mol. The van der Waals surface area contributed by atoms with Gasteiger partial charge in [0.2, 0.25) is 0 Å². The second-order valence-corrected chi connectivity index (χ2v) is 5.43. The maximum Gasteiger partial charge on any atom is 0.187 e. The van der Waals surface area contributed by atoms with Crippen LogP contribution in [0.25, 0.3) is 0 Å². The Kier molecular flexibility index (Phi) is 6.42. The van der Waals surface area contributed by atoms with Crippen LogP contribution in [0.5, 0.6) is 5.75 Å². The number of aryl methyl sites for hydroxylation is 1. The molecule has 0 saturated carbocycles. The van der Waals surface area contributed by atoms with Crippen molar-refractivity contribution in [3.8, 4) is 5.75 Å². The number of carbonyl (C=O) groups excluding carboxylic acids is 1. The molecule has 0 heterocycles. The highest BCUT2D eigenvalue weighted by Crippen LogP contribution is 2.14. The Morgan fingerprint density at radius 2 is 1.78 bits per heavy atom. The zero-order valence-electron chi connectivity index (χ0n) is 13.7. The zero-order chi connectivity index (χ0) is 16.5. The van der Waals surface area contributed by atoms with E-state index in [1.54, 1.807) is 18.3 Å². The molecular weight excluding hydrogens is 286 g/mol. The van der Waals surface area contributed by atoms with Crippen LogP contribution in [0.3, 0.4) is 0 Å². The number of carbonyl (C=O) groups is 1. The van der Waals surface area contributed by atoms with Gasteiger partial charge in [-0.15, -0.1) is 0 Å². The summed E-state index contributed by atoms with van der Waals surface area (Å²) in [5, 5.41) is 3.09. The summed E-state index contributed by atoms with van der Waals surface area (Å²) in [6, 6.07) is 15.3. The molecule has 0 aromatic heterocycles. The van der Waals surface area contributed by atoms with Crippen LogP contribution in [-0.2, 0) is 0 Å². The van der Waals surface area contributed by atoms with E-state index in [2.05, 4.69) is 12.2 Å². The van der Waals surface area contributed by atoms with Crippen LogP contribution < -0.4 is 10.1 Å². The van der Waals surface area contributed by atoms with Gasteiger partial charge in [-0.1, -0.05) is 31.0 Å². The van der Waals surface area contributed by atoms with Crippen LogP contribution in [0.4, 0.5) is 5.69 Å². The number of unbranched alkanes of at least 4 members (excludes halogenated alkanes) is 1. The first-order valence-corrected chi connectivity index (χ1v) is 7.96. The summed E-state index contributed by atoms with van der Waals surface area (Å²) in [5.41, 5.74) is 2.81. The average Bonchev–Trinajstić information content (AvgIpc) is 2.57. The number of benzene rings is 2. The second-order valence-electron chi connectivity index (χ2n) is 5.43. The molecule has 0 amide bonds. The summed E-state index contributed by atoms with van der Waals surface area (Å²) in [6.45, 7) is 4.88. The van der Waals surface area contributed by atoms with Crippen LogP contribution in [0.2, 0.25) is 0 Å². The van der Waals surface area contributed by atoms with E-state index in [0.717, 1.165) is 24.3 Å². The molecule has 1 N–H and O–H groups in total. The standard InChI is InChI=1S/C20H23NO2/c1-3-4-15-23-19-11-7-17(8-12-19)20(22)13-14-21-18-9-5-16(2)6-10-18/h5-14,21H,3-4,15H2,1-2H3/b14-13+. The molecule has 0 fully saturated rings. The molecule has 0 unspecified atom stereocenters. The fourth-order valence-corrected chi connectivity index (χ4v) is 2.01. The van der Waals surface area contributed by atoms with Crippen molar-refractivity contribution in [3.63, 3.8) is 0 Å². The molecule has 3 nitrogen and oxygen atoms in total. The van der Waals surface area contributed by atoms with Crippen molar-refractivity contribution in [2.24, 2.45) is 0 Å². The van der Waals surface area contributed by atoms with Gasteiger partial charge in [0, 0.05) is 23.5 Å². The monoisotopic (exact) mass is 309 g/mol. The molecular formula is C20H23NO2. The Balaban J connectivity index is 1.87. The van der Waals surface area contributed by atoms with Crippen LogP contribution >= 0.6 is 0 Å². The fraction of sp³-hybridized carbons (Fsp3) is 0.250. The Morgan fingerprint density at radius 1 is 1.09 bits per heavy atom. The summed E-state index contributed by atoms with van der Waals surface area (Å²) < 4.78 is 5.59. The fourth-order valence-electron chi connectivity index (χ4n) is 2.01. The summed E-state index contributed by atoms with van der Waals surface area (Å²) in [4.78, 5) is 12.1. The number of hydrogen-bond donors (Lipinski definition) is 1. The second kappa shape index (κ2) is 8.79. The lowest BCUT2D eigenvalue weighted by molar-refractivity contribution is 0.104. The van der Waals surface area contributed by atoms with E-state index in [4.69, 9.17) is 4.74 Å². The molecule has 0 aliphatic heterocycles. The first-order chi connectivity index (χ1) is 11.2. The van der Waals surface area contributed by atoms with Gasteiger partial charge in [0.1, 0.15) is 5.75 Å². The van der Waals surface area contributed by atoms with E-state index in [9.17, 15) is 4.79 Å². The number of ketones is 1. The molecule has 2 aromatic carbocycles. The van der Waals surface area contributed by atoms with Gasteiger partial charge in [-0.25, -0.2) is 0 Å². The van der Waals surface area contributed by atoms with E-state index in [1.165, 1.54) is 11.6 Å². The lowest BCUT2D eigenvalue weighted by Gasteiger charge is -2.05. The molecule has 3 heteroatoms. The van der Waals surface area contributed by atoms with Gasteiger partial charge in [0.25, 0.3) is 0 Å². The predicted molar refractivity (Wildman–Crippen MR) is 95.1 cm³/mol. The summed E-state index contributed by atoms with van der Waals surface area (Å²) in [6.07, 6.45) is 5.34. The minimum Gasteiger partial charge on any atom is -0.494 e. The van der Waals surface area contributed by atoms with Crippen molar-refractivity contribution in [2.75, 3.05) is 11.9 Å². The van der Waals surface area contributed by atoms with Crippen molar-refractivity contribution in [2.45, 2.75) is 26.7 Å². The molecule has 2 aromatic rings. The zero-order valence-corrected chi connectivity index (χ0v) is 13.7. The first-order valence-electron chi connectivity index (χ1n) is 7.96. The number of hydrogen-bond acceptors (Lipinski definition) is 3. The third-order valence-corrected chi connectivity index (χ3v) is 3.44. The highest BCUT2D eigenvalue weighted by molar-refractivity contribution is 6.04. The molecule has 0 spiro atoms. The van der Waals surface area contributed by atoms with Gasteiger partial charge in [0.05, 0.1) is 6.61 Å². The van der Waals surface area contributed by atoms with Crippen LogP contribution in [0, 0.1) is 6.92 Å². The smallest absolute Gasteiger partial charge is 0.187 e. The number of ether oxygens (including phenoxy) is 1. The molecule has 2 rings (SSSR count). The third kappa shape index (κ3) is 5.62. The lowest BCUT2D eigenvalue weighted by atomic mass is 10.1. The molecule has 0 radical (unpaired) electrons. The highest BCUT2D eigenvalue weighted by atomic mass is 16.5. The largest absolute Gasteiger partial charge is 0.494 e. The first kappa shape index (κ1) is 16.8. The van der Waals surface area contributed by atoms with Gasteiger partial charge in [-0.3, -0.25) is 4.79 Å². The quantitative estimate of drug-likeness (QED) is 0.424. The maximum atomic E-state index is 12.1. The summed E-state index contributed by atoms with van der Waals surface area (Å²) in [7, 11) is 0. The molecule has 0 bridgehead atoms. The minimum atomic E-state index is -0.0373. The van der Waals surface area contributed by atoms with E-state index in [0.29, 0.717) is 12.2 Å². The Labute approximate surface area is 138 Å². The van der Waals surface area contributed by atoms with E-state index < -0.39 is 0 Å². The van der Waals surface area contributed by atoms with Gasteiger partial charge >= 0.3 is 0 Å². The number of rotatable bonds is 8. The van der Waals surface area contributed by atoms with Gasteiger partial charge in [-0.2, -0.15) is 0 Å². The van der Waals surface area contributed by atoms with Crippen LogP contribution in [0.15, 0.2) is 60.8 Å². The summed E-state index contributed by atoms with van der Waals surface area (Å²) >= 11 is 0. The molecule has 0 aliphatic carbocycles. The Hall–Kier alpha value is -2.55. The van der Waals surface area contributed by atoms with Crippen molar-refractivity contribution >= 4 is 11.5 Å². The Bertz CT molecular complexity index is 642. The van der Waals surface area contributed by atoms with E-state index >= 15 is 0 Å². The predicted octanol–water partition coefficient (Wildman–Crippen LogP) is 4.98. The van der Waals surface area contributed by atoms with E-state index in [-0.39, 0.29) is 5.78 Å². The highest BCUT2D eigenvalue weighted by Gasteiger charge is 2.02. The number of anilines is 1. The lowest BCUT2D eigenvalue weighted by Crippen LogP contribution is -1.99. The molecule has 0 aliphatic rings. The molecule has 120 valence electrons. The van der Waals surface area contributed by atoms with Crippen molar-refractivity contribution in [1.82, 2.24) is 0 Å². The van der Waals surface area contributed by atoms with Gasteiger partial charge < -0.3 is 10.1 Å². The normalized spacial score (nSPS) is 10.7. The maximum absolute atomic E-state index is 12.1. The van der Waals surface area contributed by atoms with Gasteiger partial charge in [-0.05, 0) is 49.7 Å². The minimum absolute atomic E-state index is 0.0373. The number of nitrogens with one attached hydrogen (secondary N) is 1. The Morgan fingerprint density at radius 3 is 2.43 bits per heavy atom. The van der Waals surface area contributed by atoms with Crippen molar-refractivity contribution in [3.05, 3.63) is 71.9 Å². The van der Waals surface area contributed by atoms with Crippen molar-refractivity contribution in [1.29, 1.82) is 0 Å². The molecule has 0 saturated heterocycles. The van der Waals surface area contributed by atoms with Crippen LogP contribution in [-0.4, -0.2) is 12.4 Å².